The van der Waals surface area contributed by atoms with E-state index >= 15 is 0 Å². The summed E-state index contributed by atoms with van der Waals surface area (Å²) in [5.74, 6) is -2.23. The molecule has 1 aromatic rings. The fourth-order valence-corrected chi connectivity index (χ4v) is 1.93. The standard InChI is InChI=1S/C10H11F2NO2S/c11-7-2-1-6(3-8(7)12)4-16-5-9(13)10(14)15/h1-3,9H,4-5,13H2,(H,14,15). The first-order valence-corrected chi connectivity index (χ1v) is 5.66. The van der Waals surface area contributed by atoms with E-state index in [0.717, 1.165) is 12.1 Å². The van der Waals surface area contributed by atoms with Crippen molar-refractivity contribution in [1.29, 1.82) is 0 Å². The van der Waals surface area contributed by atoms with Crippen molar-refractivity contribution in [2.45, 2.75) is 11.8 Å². The van der Waals surface area contributed by atoms with Gasteiger partial charge in [0.15, 0.2) is 11.6 Å². The molecule has 0 aliphatic heterocycles. The van der Waals surface area contributed by atoms with Gasteiger partial charge in [0.2, 0.25) is 0 Å². The topological polar surface area (TPSA) is 63.3 Å². The van der Waals surface area contributed by atoms with E-state index in [1.54, 1.807) is 0 Å². The highest BCUT2D eigenvalue weighted by molar-refractivity contribution is 7.98. The molecule has 1 aromatic carbocycles. The Labute approximate surface area is 95.6 Å². The number of nitrogens with two attached hydrogens (primary N) is 1. The summed E-state index contributed by atoms with van der Waals surface area (Å²) in [6.45, 7) is 0. The number of benzene rings is 1. The minimum atomic E-state index is -1.07. The Morgan fingerprint density at radius 2 is 2.12 bits per heavy atom. The van der Waals surface area contributed by atoms with Crippen LogP contribution >= 0.6 is 11.8 Å². The van der Waals surface area contributed by atoms with Crippen LogP contribution in [0.15, 0.2) is 18.2 Å². The Morgan fingerprint density at radius 1 is 1.44 bits per heavy atom. The molecule has 0 saturated carbocycles. The zero-order chi connectivity index (χ0) is 12.1. The molecule has 3 nitrogen and oxygen atoms in total. The third kappa shape index (κ3) is 3.79. The van der Waals surface area contributed by atoms with E-state index in [1.165, 1.54) is 17.8 Å². The van der Waals surface area contributed by atoms with Crippen molar-refractivity contribution in [2.24, 2.45) is 5.73 Å². The van der Waals surface area contributed by atoms with Crippen LogP contribution in [0.1, 0.15) is 5.56 Å². The molecule has 6 heteroatoms. The first kappa shape index (κ1) is 12.9. The van der Waals surface area contributed by atoms with Crippen LogP contribution in [-0.2, 0) is 10.5 Å². The SMILES string of the molecule is NC(CSCc1ccc(F)c(F)c1)C(=O)O. The number of hydrogen-bond donors (Lipinski definition) is 2. The minimum Gasteiger partial charge on any atom is -0.480 e. The molecule has 88 valence electrons. The van der Waals surface area contributed by atoms with E-state index < -0.39 is 23.6 Å². The van der Waals surface area contributed by atoms with Gasteiger partial charge in [0, 0.05) is 11.5 Å². The fourth-order valence-electron chi connectivity index (χ4n) is 1.00. The van der Waals surface area contributed by atoms with Crippen LogP contribution in [-0.4, -0.2) is 22.9 Å². The van der Waals surface area contributed by atoms with Crippen LogP contribution in [0.25, 0.3) is 0 Å². The molecule has 1 unspecified atom stereocenters. The van der Waals surface area contributed by atoms with Gasteiger partial charge in [0.05, 0.1) is 0 Å². The number of carbonyl (C=O) groups is 1. The maximum Gasteiger partial charge on any atom is 0.321 e. The van der Waals surface area contributed by atoms with Gasteiger partial charge in [-0.05, 0) is 17.7 Å². The third-order valence-corrected chi connectivity index (χ3v) is 3.00. The van der Waals surface area contributed by atoms with Crippen LogP contribution in [0.2, 0.25) is 0 Å². The lowest BCUT2D eigenvalue weighted by Crippen LogP contribution is -2.32. The van der Waals surface area contributed by atoms with E-state index in [4.69, 9.17) is 10.8 Å². The van der Waals surface area contributed by atoms with Crippen molar-refractivity contribution >= 4 is 17.7 Å². The molecule has 0 aromatic heterocycles. The first-order chi connectivity index (χ1) is 7.50. The van der Waals surface area contributed by atoms with Crippen LogP contribution < -0.4 is 5.73 Å². The van der Waals surface area contributed by atoms with Crippen molar-refractivity contribution in [3.63, 3.8) is 0 Å². The van der Waals surface area contributed by atoms with Crippen molar-refractivity contribution in [3.05, 3.63) is 35.4 Å². The molecule has 0 bridgehead atoms. The number of rotatable bonds is 5. The second-order valence-corrected chi connectivity index (χ2v) is 4.24. The monoisotopic (exact) mass is 247 g/mol. The minimum absolute atomic E-state index is 0.230. The van der Waals surface area contributed by atoms with Gasteiger partial charge in [0.25, 0.3) is 0 Å². The number of halogens is 2. The van der Waals surface area contributed by atoms with Gasteiger partial charge in [-0.1, -0.05) is 6.07 Å². The smallest absolute Gasteiger partial charge is 0.321 e. The predicted octanol–water partition coefficient (Wildman–Crippen LogP) is 1.61. The molecule has 0 aliphatic carbocycles. The lowest BCUT2D eigenvalue weighted by atomic mass is 10.2. The predicted molar refractivity (Wildman–Crippen MR) is 58.1 cm³/mol. The van der Waals surface area contributed by atoms with Gasteiger partial charge in [-0.2, -0.15) is 11.8 Å². The van der Waals surface area contributed by atoms with Crippen LogP contribution in [0, 0.1) is 11.6 Å². The molecule has 0 heterocycles. The van der Waals surface area contributed by atoms with E-state index in [-0.39, 0.29) is 5.75 Å². The zero-order valence-corrected chi connectivity index (χ0v) is 9.14. The first-order valence-electron chi connectivity index (χ1n) is 4.50. The lowest BCUT2D eigenvalue weighted by molar-refractivity contribution is -0.137. The molecule has 0 fully saturated rings. The molecule has 0 radical (unpaired) electrons. The number of carboxylic acids is 1. The molecule has 0 spiro atoms. The summed E-state index contributed by atoms with van der Waals surface area (Å²) in [6, 6.07) is 2.66. The number of carboxylic acid groups (broad SMARTS) is 1. The second kappa shape index (κ2) is 5.81. The molecule has 1 rings (SSSR count). The maximum atomic E-state index is 12.8. The Kier molecular flexibility index (Phi) is 4.70. The quantitative estimate of drug-likeness (QED) is 0.829. The maximum absolute atomic E-state index is 12.8. The summed E-state index contributed by atoms with van der Waals surface area (Å²) in [5.41, 5.74) is 5.88. The molecule has 0 saturated heterocycles. The fraction of sp³-hybridized carbons (Fsp3) is 0.300. The van der Waals surface area contributed by atoms with Crippen molar-refractivity contribution < 1.29 is 18.7 Å². The van der Waals surface area contributed by atoms with Crippen LogP contribution in [0.5, 0.6) is 0 Å². The van der Waals surface area contributed by atoms with Gasteiger partial charge in [-0.15, -0.1) is 0 Å². The van der Waals surface area contributed by atoms with E-state index in [2.05, 4.69) is 0 Å². The molecular formula is C10H11F2NO2S. The molecule has 0 aliphatic rings. The highest BCUT2D eigenvalue weighted by Crippen LogP contribution is 2.15. The Bertz CT molecular complexity index is 387. The molecular weight excluding hydrogens is 236 g/mol. The number of thioether (sulfide) groups is 1. The second-order valence-electron chi connectivity index (χ2n) is 3.21. The average molecular weight is 247 g/mol. The highest BCUT2D eigenvalue weighted by atomic mass is 32.2. The Hall–Kier alpha value is -1.14. The molecule has 1 atom stereocenters. The normalized spacial score (nSPS) is 12.4. The number of hydrogen-bond acceptors (Lipinski definition) is 3. The summed E-state index contributed by atoms with van der Waals surface area (Å²) in [7, 11) is 0. The summed E-state index contributed by atoms with van der Waals surface area (Å²) >= 11 is 1.26. The highest BCUT2D eigenvalue weighted by Gasteiger charge is 2.11. The summed E-state index contributed by atoms with van der Waals surface area (Å²) < 4.78 is 25.4. The van der Waals surface area contributed by atoms with E-state index in [1.807, 2.05) is 0 Å². The molecule has 0 amide bonds. The van der Waals surface area contributed by atoms with Crippen molar-refractivity contribution in [1.82, 2.24) is 0 Å². The van der Waals surface area contributed by atoms with Gasteiger partial charge in [-0.3, -0.25) is 4.79 Å². The van der Waals surface area contributed by atoms with Crippen LogP contribution in [0.3, 0.4) is 0 Å². The average Bonchev–Trinajstić information content (AvgIpc) is 2.23. The third-order valence-electron chi connectivity index (χ3n) is 1.87. The molecule has 3 N–H and O–H groups in total. The van der Waals surface area contributed by atoms with Crippen molar-refractivity contribution in [3.8, 4) is 0 Å². The summed E-state index contributed by atoms with van der Waals surface area (Å²) in [5, 5.41) is 8.51. The van der Waals surface area contributed by atoms with Gasteiger partial charge >= 0.3 is 5.97 Å². The van der Waals surface area contributed by atoms with E-state index in [9.17, 15) is 13.6 Å². The van der Waals surface area contributed by atoms with Gasteiger partial charge < -0.3 is 10.8 Å². The van der Waals surface area contributed by atoms with Gasteiger partial charge in [-0.25, -0.2) is 8.78 Å². The van der Waals surface area contributed by atoms with Crippen molar-refractivity contribution in [2.75, 3.05) is 5.75 Å². The Morgan fingerprint density at radius 3 is 2.69 bits per heavy atom. The number of aliphatic carboxylic acids is 1. The van der Waals surface area contributed by atoms with Crippen LogP contribution in [0.4, 0.5) is 8.78 Å². The largest absolute Gasteiger partial charge is 0.480 e. The Balaban J connectivity index is 2.43. The zero-order valence-electron chi connectivity index (χ0n) is 8.32. The molecule has 16 heavy (non-hydrogen) atoms. The van der Waals surface area contributed by atoms with E-state index in [0.29, 0.717) is 11.3 Å². The summed E-state index contributed by atoms with van der Waals surface area (Å²) in [4.78, 5) is 10.4. The van der Waals surface area contributed by atoms with Gasteiger partial charge in [0.1, 0.15) is 6.04 Å². The lowest BCUT2D eigenvalue weighted by Gasteiger charge is -2.06. The summed E-state index contributed by atoms with van der Waals surface area (Å²) in [6.07, 6.45) is 0.